The van der Waals surface area contributed by atoms with Crippen LogP contribution in [0.15, 0.2) is 81.9 Å². The van der Waals surface area contributed by atoms with E-state index in [0.717, 1.165) is 24.8 Å². The van der Waals surface area contributed by atoms with Gasteiger partial charge in [-0.05, 0) is 78.6 Å². The average Bonchev–Trinajstić information content (AvgIpc) is 4.13. The van der Waals surface area contributed by atoms with Crippen molar-refractivity contribution in [3.8, 4) is 11.3 Å². The molecule has 6 rings (SSSR count). The fraction of sp³-hybridized carbons (Fsp3) is 0.489. The largest absolute Gasteiger partial charge is 0.438 e. The van der Waals surface area contributed by atoms with E-state index in [1.165, 1.54) is 6.20 Å². The van der Waals surface area contributed by atoms with Gasteiger partial charge in [0.2, 0.25) is 41.2 Å². The van der Waals surface area contributed by atoms with E-state index in [9.17, 15) is 24.0 Å². The highest BCUT2D eigenvalue weighted by atomic mass is 16.4. The van der Waals surface area contributed by atoms with Crippen molar-refractivity contribution < 1.29 is 32.8 Å². The Labute approximate surface area is 357 Å². The SMILES string of the molecule is CN[C@@H](C)C(=O)NC(CCCCCCC(NC(=O)[C@H](C)NC)C(=O)N1CCCC1c1ncc(-c2ccccc2)o1)C(=O)N1CCCC1c1ncc(C(=O)Nc2ccccc2)o1. The van der Waals surface area contributed by atoms with E-state index in [4.69, 9.17) is 8.83 Å². The topological polar surface area (TPSA) is 204 Å². The van der Waals surface area contributed by atoms with E-state index in [1.54, 1.807) is 56.1 Å². The van der Waals surface area contributed by atoms with Gasteiger partial charge in [0.1, 0.15) is 24.2 Å². The van der Waals surface area contributed by atoms with Gasteiger partial charge in [0.05, 0.1) is 24.5 Å². The van der Waals surface area contributed by atoms with Gasteiger partial charge in [-0.2, -0.15) is 0 Å². The van der Waals surface area contributed by atoms with Crippen LogP contribution in [0.1, 0.15) is 112 Å². The lowest BCUT2D eigenvalue weighted by Crippen LogP contribution is -2.52. The van der Waals surface area contributed by atoms with E-state index in [-0.39, 0.29) is 41.3 Å². The Hall–Kier alpha value is -5.87. The third kappa shape index (κ3) is 11.5. The highest BCUT2D eigenvalue weighted by Gasteiger charge is 2.39. The quantitative estimate of drug-likeness (QED) is 0.0738. The van der Waals surface area contributed by atoms with Crippen molar-refractivity contribution in [3.63, 3.8) is 0 Å². The summed E-state index contributed by atoms with van der Waals surface area (Å²) in [6.07, 6.45) is 9.47. The van der Waals surface area contributed by atoms with E-state index in [2.05, 4.69) is 36.6 Å². The summed E-state index contributed by atoms with van der Waals surface area (Å²) in [5, 5.41) is 14.6. The van der Waals surface area contributed by atoms with Gasteiger partial charge in [0.15, 0.2) is 5.76 Å². The average molecular weight is 838 g/mol. The molecular weight excluding hydrogens is 779 g/mol. The van der Waals surface area contributed by atoms with Crippen LogP contribution in [-0.2, 0) is 19.2 Å². The summed E-state index contributed by atoms with van der Waals surface area (Å²) in [6.45, 7) is 4.47. The maximum absolute atomic E-state index is 14.2. The number of nitrogens with one attached hydrogen (secondary N) is 5. The number of likely N-dealkylation sites (N-methyl/N-ethyl adjacent to an activating group) is 2. The first kappa shape index (κ1) is 44.7. The van der Waals surface area contributed by atoms with Gasteiger partial charge in [-0.3, -0.25) is 24.0 Å². The molecule has 5 amide bonds. The van der Waals surface area contributed by atoms with Crippen LogP contribution in [0.2, 0.25) is 0 Å². The number of hydrogen-bond acceptors (Lipinski definition) is 11. The fourth-order valence-corrected chi connectivity index (χ4v) is 7.83. The monoisotopic (exact) mass is 837 g/mol. The number of rotatable bonds is 20. The van der Waals surface area contributed by atoms with Crippen molar-refractivity contribution >= 4 is 35.2 Å². The second-order valence-corrected chi connectivity index (χ2v) is 15.8. The second-order valence-electron chi connectivity index (χ2n) is 15.8. The van der Waals surface area contributed by atoms with Gasteiger partial charge in [-0.1, -0.05) is 74.2 Å². The zero-order valence-corrected chi connectivity index (χ0v) is 35.5. The van der Waals surface area contributed by atoms with Crippen LogP contribution in [-0.4, -0.2) is 101 Å². The summed E-state index contributed by atoms with van der Waals surface area (Å²) < 4.78 is 12.1. The standard InChI is InChI=1S/C45H59N9O7/c1-29(46-3)39(55)51-33(44(58)53-25-15-23-35(53)42-48-27-37(60-42)31-17-9-7-10-18-31)21-13-5-6-14-22-34(52-40(56)30(2)47-4)45(59)54-26-16-24-36(54)43-49-28-38(61-43)41(57)50-32-19-11-8-12-20-32/h7-12,17-20,27-30,33-36,46-47H,5-6,13-16,21-26H2,1-4H3,(H,50,57)(H,51,55)(H,52,56)/t29-,30-,33?,34?,35?,36?/m0/s1. The first-order valence-electron chi connectivity index (χ1n) is 21.5. The summed E-state index contributed by atoms with van der Waals surface area (Å²) in [7, 11) is 3.39. The molecule has 2 aliphatic rings. The van der Waals surface area contributed by atoms with Gasteiger partial charge in [0, 0.05) is 24.3 Å². The van der Waals surface area contributed by atoms with Crippen LogP contribution in [0, 0.1) is 0 Å². The first-order chi connectivity index (χ1) is 29.6. The molecule has 16 nitrogen and oxygen atoms in total. The van der Waals surface area contributed by atoms with Gasteiger partial charge >= 0.3 is 0 Å². The Morgan fingerprint density at radius 3 is 1.69 bits per heavy atom. The van der Waals surface area contributed by atoms with Crippen molar-refractivity contribution in [1.29, 1.82) is 0 Å². The minimum absolute atomic E-state index is 0.0399. The Morgan fingerprint density at radius 1 is 0.672 bits per heavy atom. The van der Waals surface area contributed by atoms with Crippen LogP contribution in [0.4, 0.5) is 5.69 Å². The molecule has 2 saturated heterocycles. The third-order valence-electron chi connectivity index (χ3n) is 11.6. The van der Waals surface area contributed by atoms with E-state index >= 15 is 0 Å². The molecule has 2 aromatic heterocycles. The molecule has 2 aliphatic heterocycles. The third-order valence-corrected chi connectivity index (χ3v) is 11.6. The van der Waals surface area contributed by atoms with Crippen LogP contribution in [0.5, 0.6) is 0 Å². The number of benzene rings is 2. The number of nitrogens with zero attached hydrogens (tertiary/aromatic N) is 4. The molecule has 6 atom stereocenters. The summed E-state index contributed by atoms with van der Waals surface area (Å²) >= 11 is 0. The highest BCUT2D eigenvalue weighted by molar-refractivity contribution is 6.02. The number of amides is 5. The molecule has 0 radical (unpaired) electrons. The number of hydrogen-bond donors (Lipinski definition) is 5. The van der Waals surface area contributed by atoms with Crippen molar-refractivity contribution in [1.82, 2.24) is 41.0 Å². The van der Waals surface area contributed by atoms with Gasteiger partial charge < -0.3 is 45.2 Å². The van der Waals surface area contributed by atoms with E-state index in [1.807, 2.05) is 48.5 Å². The van der Waals surface area contributed by atoms with Crippen LogP contribution >= 0.6 is 0 Å². The minimum atomic E-state index is -0.791. The van der Waals surface area contributed by atoms with Gasteiger partial charge in [0.25, 0.3) is 5.91 Å². The smallest absolute Gasteiger partial charge is 0.293 e. The second kappa shape index (κ2) is 21.6. The number of para-hydroxylation sites is 1. The zero-order chi connectivity index (χ0) is 43.3. The number of unbranched alkanes of at least 4 members (excludes halogenated alkanes) is 3. The number of oxazole rings is 2. The van der Waals surface area contributed by atoms with Crippen LogP contribution < -0.4 is 26.6 Å². The molecule has 0 aliphatic carbocycles. The summed E-state index contributed by atoms with van der Waals surface area (Å²) in [4.78, 5) is 79.9. The lowest BCUT2D eigenvalue weighted by Gasteiger charge is -2.29. The molecule has 2 fully saturated rings. The number of aromatic nitrogens is 2. The fourth-order valence-electron chi connectivity index (χ4n) is 7.83. The molecule has 0 spiro atoms. The predicted octanol–water partition coefficient (Wildman–Crippen LogP) is 5.14. The molecule has 16 heteroatoms. The number of carbonyl (C=O) groups excluding carboxylic acids is 5. The number of anilines is 1. The summed E-state index contributed by atoms with van der Waals surface area (Å²) in [5.41, 5.74) is 1.52. The molecule has 0 bridgehead atoms. The molecule has 4 aromatic rings. The molecular formula is C45H59N9O7. The van der Waals surface area contributed by atoms with E-state index < -0.39 is 36.1 Å². The Morgan fingerprint density at radius 2 is 1.16 bits per heavy atom. The normalized spacial score (nSPS) is 18.3. The molecule has 2 aromatic carbocycles. The summed E-state index contributed by atoms with van der Waals surface area (Å²) in [6, 6.07) is 15.4. The molecule has 4 heterocycles. The van der Waals surface area contributed by atoms with Gasteiger partial charge in [-0.15, -0.1) is 0 Å². The van der Waals surface area contributed by atoms with Crippen molar-refractivity contribution in [2.75, 3.05) is 32.5 Å². The molecule has 61 heavy (non-hydrogen) atoms. The predicted molar refractivity (Wildman–Crippen MR) is 229 cm³/mol. The highest BCUT2D eigenvalue weighted by Crippen LogP contribution is 2.35. The van der Waals surface area contributed by atoms with Crippen LogP contribution in [0.3, 0.4) is 0 Å². The van der Waals surface area contributed by atoms with Gasteiger partial charge in [-0.25, -0.2) is 9.97 Å². The van der Waals surface area contributed by atoms with Crippen molar-refractivity contribution in [2.45, 2.75) is 114 Å². The summed E-state index contributed by atoms with van der Waals surface area (Å²) in [5.74, 6) is 0.0373. The van der Waals surface area contributed by atoms with Crippen LogP contribution in [0.25, 0.3) is 11.3 Å². The number of carbonyl (C=O) groups is 5. The minimum Gasteiger partial charge on any atom is -0.438 e. The lowest BCUT2D eigenvalue weighted by molar-refractivity contribution is -0.138. The lowest BCUT2D eigenvalue weighted by atomic mass is 10.0. The Kier molecular flexibility index (Phi) is 15.8. The maximum atomic E-state index is 14.2. The molecule has 4 unspecified atom stereocenters. The molecule has 5 N–H and O–H groups in total. The molecule has 0 saturated carbocycles. The Balaban J connectivity index is 1.06. The van der Waals surface area contributed by atoms with E-state index in [0.29, 0.717) is 75.4 Å². The first-order valence-corrected chi connectivity index (χ1v) is 21.5. The van der Waals surface area contributed by atoms with Crippen molar-refractivity contribution in [2.24, 2.45) is 0 Å². The number of likely N-dealkylation sites (tertiary alicyclic amines) is 2. The van der Waals surface area contributed by atoms with Crippen molar-refractivity contribution in [3.05, 3.63) is 90.6 Å². The molecule has 326 valence electrons. The zero-order valence-electron chi connectivity index (χ0n) is 35.5. The Bertz CT molecular complexity index is 2070. The maximum Gasteiger partial charge on any atom is 0.293 e.